The second-order valence-corrected chi connectivity index (χ2v) is 3.92. The van der Waals surface area contributed by atoms with Crippen molar-refractivity contribution in [2.75, 3.05) is 18.0 Å². The van der Waals surface area contributed by atoms with E-state index in [4.69, 9.17) is 0 Å². The lowest BCUT2D eigenvalue weighted by Gasteiger charge is -2.24. The van der Waals surface area contributed by atoms with Gasteiger partial charge >= 0.3 is 0 Å². The summed E-state index contributed by atoms with van der Waals surface area (Å²) in [5.41, 5.74) is 1.14. The molecule has 18 heavy (non-hydrogen) atoms. The maximum Gasteiger partial charge on any atom is 0.164 e. The maximum atomic E-state index is 13.4. The van der Waals surface area contributed by atoms with Crippen molar-refractivity contribution in [2.45, 2.75) is 13.3 Å². The van der Waals surface area contributed by atoms with E-state index in [1.54, 1.807) is 19.1 Å². The fraction of sp³-hybridized carbons (Fsp3) is 0.267. The minimum atomic E-state index is -0.351. The number of carbonyl (C=O) groups excluding carboxylic acids is 1. The Balaban J connectivity index is 3.24. The van der Waals surface area contributed by atoms with E-state index in [0.717, 1.165) is 0 Å². The topological polar surface area (TPSA) is 20.3 Å². The lowest BCUT2D eigenvalue weighted by atomic mass is 10.1. The predicted octanol–water partition coefficient (Wildman–Crippen LogP) is 3.60. The van der Waals surface area contributed by atoms with Crippen molar-refractivity contribution in [1.29, 1.82) is 0 Å². The smallest absolute Gasteiger partial charge is 0.164 e. The van der Waals surface area contributed by atoms with E-state index in [9.17, 15) is 9.18 Å². The van der Waals surface area contributed by atoms with E-state index in [1.165, 1.54) is 18.2 Å². The molecular weight excluding hydrogens is 229 g/mol. The monoisotopic (exact) mass is 247 g/mol. The number of rotatable bonds is 7. The molecule has 1 aromatic rings. The highest BCUT2D eigenvalue weighted by molar-refractivity contribution is 6.01. The Bertz CT molecular complexity index is 444. The number of hydrogen-bond acceptors (Lipinski definition) is 2. The average Bonchev–Trinajstić information content (AvgIpc) is 2.37. The van der Waals surface area contributed by atoms with E-state index < -0.39 is 0 Å². The van der Waals surface area contributed by atoms with Crippen LogP contribution in [0.1, 0.15) is 23.7 Å². The molecule has 0 N–H and O–H groups in total. The van der Waals surface area contributed by atoms with Gasteiger partial charge in [-0.3, -0.25) is 4.79 Å². The van der Waals surface area contributed by atoms with Gasteiger partial charge in [0.15, 0.2) is 5.78 Å². The normalized spacial score (nSPS) is 9.89. The summed E-state index contributed by atoms with van der Waals surface area (Å²) in [6.07, 6.45) is 3.83. The molecule has 0 radical (unpaired) electrons. The first kappa shape index (κ1) is 14.2. The van der Waals surface area contributed by atoms with Crippen LogP contribution in [0.2, 0.25) is 0 Å². The molecule has 0 aliphatic heterocycles. The fourth-order valence-corrected chi connectivity index (χ4v) is 1.78. The molecule has 2 nitrogen and oxygen atoms in total. The highest BCUT2D eigenvalue weighted by Crippen LogP contribution is 2.23. The van der Waals surface area contributed by atoms with Crippen molar-refractivity contribution < 1.29 is 9.18 Å². The number of carbonyl (C=O) groups is 1. The Hall–Kier alpha value is -1.90. The molecule has 0 aromatic heterocycles. The zero-order chi connectivity index (χ0) is 13.5. The zero-order valence-corrected chi connectivity index (χ0v) is 10.7. The molecule has 3 heteroatoms. The average molecular weight is 247 g/mol. The van der Waals surface area contributed by atoms with Gasteiger partial charge in [0.1, 0.15) is 5.82 Å². The Morgan fingerprint density at radius 2 is 1.94 bits per heavy atom. The zero-order valence-electron chi connectivity index (χ0n) is 10.7. The second kappa shape index (κ2) is 6.74. The molecule has 1 aromatic carbocycles. The van der Waals surface area contributed by atoms with Crippen LogP contribution in [0, 0.1) is 5.82 Å². The third-order valence-corrected chi connectivity index (χ3v) is 2.62. The minimum absolute atomic E-state index is 0.00289. The van der Waals surface area contributed by atoms with Gasteiger partial charge in [0.25, 0.3) is 0 Å². The van der Waals surface area contributed by atoms with Crippen LogP contribution in [-0.2, 0) is 0 Å². The largest absolute Gasteiger partial charge is 0.363 e. The molecule has 1 rings (SSSR count). The van der Waals surface area contributed by atoms with Gasteiger partial charge in [-0.15, -0.1) is 13.2 Å². The summed E-state index contributed by atoms with van der Waals surface area (Å²) in [6, 6.07) is 4.23. The summed E-state index contributed by atoms with van der Waals surface area (Å²) < 4.78 is 13.4. The van der Waals surface area contributed by atoms with Crippen molar-refractivity contribution in [2.24, 2.45) is 0 Å². The lowest BCUT2D eigenvalue weighted by molar-refractivity contribution is 0.0988. The third-order valence-electron chi connectivity index (χ3n) is 2.62. The quantitative estimate of drug-likeness (QED) is 0.542. The first-order chi connectivity index (χ1) is 8.63. The number of hydrogen-bond donors (Lipinski definition) is 0. The molecule has 0 fully saturated rings. The van der Waals surface area contributed by atoms with Crippen molar-refractivity contribution in [3.05, 3.63) is 54.9 Å². The first-order valence-electron chi connectivity index (χ1n) is 5.93. The van der Waals surface area contributed by atoms with Gasteiger partial charge in [-0.25, -0.2) is 4.39 Å². The summed E-state index contributed by atoms with van der Waals surface area (Å²) in [4.78, 5) is 13.7. The molecule has 0 spiro atoms. The first-order valence-corrected chi connectivity index (χ1v) is 5.93. The molecule has 0 saturated heterocycles. The molecule has 96 valence electrons. The van der Waals surface area contributed by atoms with Crippen LogP contribution in [0.15, 0.2) is 43.5 Å². The van der Waals surface area contributed by atoms with Crippen LogP contribution in [0.4, 0.5) is 10.1 Å². The van der Waals surface area contributed by atoms with E-state index in [-0.39, 0.29) is 11.6 Å². The number of nitrogens with zero attached hydrogens (tertiary/aromatic N) is 1. The molecule has 0 aliphatic rings. The molecule has 0 bridgehead atoms. The molecule has 0 saturated carbocycles. The second-order valence-electron chi connectivity index (χ2n) is 3.92. The van der Waals surface area contributed by atoms with Crippen LogP contribution in [-0.4, -0.2) is 18.9 Å². The predicted molar refractivity (Wildman–Crippen MR) is 73.6 cm³/mol. The van der Waals surface area contributed by atoms with Crippen LogP contribution >= 0.6 is 0 Å². The SMILES string of the molecule is C=CCN(CC=C)c1cc(F)ccc1C(=O)CC. The number of anilines is 1. The van der Waals surface area contributed by atoms with Crippen molar-refractivity contribution in [1.82, 2.24) is 0 Å². The standard InChI is InChI=1S/C15H18FNO/c1-4-9-17(10-5-2)14-11-12(16)7-8-13(14)15(18)6-3/h4-5,7-8,11H,1-2,6,9-10H2,3H3. The minimum Gasteiger partial charge on any atom is -0.363 e. The van der Waals surface area contributed by atoms with Gasteiger partial charge < -0.3 is 4.90 Å². The van der Waals surface area contributed by atoms with Crippen LogP contribution in [0.3, 0.4) is 0 Å². The number of halogens is 1. The van der Waals surface area contributed by atoms with Gasteiger partial charge in [-0.05, 0) is 18.2 Å². The summed E-state index contributed by atoms with van der Waals surface area (Å²) >= 11 is 0. The van der Waals surface area contributed by atoms with Gasteiger partial charge in [-0.2, -0.15) is 0 Å². The van der Waals surface area contributed by atoms with Gasteiger partial charge in [0.2, 0.25) is 0 Å². The molecule has 0 heterocycles. The molecule has 0 unspecified atom stereocenters. The van der Waals surface area contributed by atoms with Gasteiger partial charge in [0, 0.05) is 25.1 Å². The summed E-state index contributed by atoms with van der Waals surface area (Å²) in [5.74, 6) is -0.348. The van der Waals surface area contributed by atoms with Crippen molar-refractivity contribution in [3.8, 4) is 0 Å². The van der Waals surface area contributed by atoms with Crippen LogP contribution < -0.4 is 4.90 Å². The van der Waals surface area contributed by atoms with E-state index in [0.29, 0.717) is 30.8 Å². The van der Waals surface area contributed by atoms with E-state index in [2.05, 4.69) is 13.2 Å². The molecular formula is C15H18FNO. The number of Topliss-reactive ketones (excluding diaryl/α,β-unsaturated/α-hetero) is 1. The Labute approximate surface area is 107 Å². The van der Waals surface area contributed by atoms with Crippen molar-refractivity contribution >= 4 is 11.5 Å². The molecule has 0 amide bonds. The molecule has 0 atom stereocenters. The van der Waals surface area contributed by atoms with Gasteiger partial charge in [-0.1, -0.05) is 19.1 Å². The Morgan fingerprint density at radius 1 is 1.33 bits per heavy atom. The highest BCUT2D eigenvalue weighted by atomic mass is 19.1. The van der Waals surface area contributed by atoms with Crippen molar-refractivity contribution in [3.63, 3.8) is 0 Å². The summed E-state index contributed by atoms with van der Waals surface area (Å²) in [5, 5.41) is 0. The third kappa shape index (κ3) is 3.29. The fourth-order valence-electron chi connectivity index (χ4n) is 1.78. The Kier molecular flexibility index (Phi) is 5.31. The maximum absolute atomic E-state index is 13.4. The van der Waals surface area contributed by atoms with Crippen LogP contribution in [0.5, 0.6) is 0 Å². The van der Waals surface area contributed by atoms with Crippen LogP contribution in [0.25, 0.3) is 0 Å². The summed E-state index contributed by atoms with van der Waals surface area (Å²) in [6.45, 7) is 10.2. The summed E-state index contributed by atoms with van der Waals surface area (Å²) in [7, 11) is 0. The molecule has 0 aliphatic carbocycles. The Morgan fingerprint density at radius 3 is 2.44 bits per heavy atom. The van der Waals surface area contributed by atoms with E-state index in [1.807, 2.05) is 4.90 Å². The van der Waals surface area contributed by atoms with Gasteiger partial charge in [0.05, 0.1) is 5.69 Å². The highest BCUT2D eigenvalue weighted by Gasteiger charge is 2.15. The number of benzene rings is 1. The lowest BCUT2D eigenvalue weighted by Crippen LogP contribution is -2.25. The van der Waals surface area contributed by atoms with E-state index >= 15 is 0 Å². The number of ketones is 1.